The van der Waals surface area contributed by atoms with E-state index >= 15 is 0 Å². The zero-order valence-corrected chi connectivity index (χ0v) is 28.2. The lowest BCUT2D eigenvalue weighted by Crippen LogP contribution is -2.24. The quantitative estimate of drug-likeness (QED) is 0.105. The fraction of sp³-hybridized carbons (Fsp3) is 0.324. The summed E-state index contributed by atoms with van der Waals surface area (Å²) in [7, 11) is 3.32. The molecule has 1 atom stereocenters. The molecule has 0 saturated carbocycles. The van der Waals surface area contributed by atoms with Crippen molar-refractivity contribution < 1.29 is 27.7 Å². The number of nitriles is 1. The minimum absolute atomic E-state index is 0.153. The van der Waals surface area contributed by atoms with Gasteiger partial charge in [-0.25, -0.2) is 9.55 Å². The number of anilines is 1. The van der Waals surface area contributed by atoms with E-state index in [0.717, 1.165) is 27.6 Å². The number of benzene rings is 2. The topological polar surface area (TPSA) is 119 Å². The molecule has 12 heteroatoms. The molecule has 0 saturated heterocycles. The van der Waals surface area contributed by atoms with Crippen LogP contribution in [0.4, 0.5) is 5.69 Å². The molecule has 0 aliphatic rings. The molecule has 0 aliphatic heterocycles. The highest BCUT2D eigenvalue weighted by molar-refractivity contribution is 7.48. The molecule has 0 aliphatic carbocycles. The van der Waals surface area contributed by atoms with Crippen molar-refractivity contribution in [2.24, 2.45) is 0 Å². The first-order valence-corrected chi connectivity index (χ1v) is 16.4. The number of hydrogen-bond donors (Lipinski definition) is 0. The number of hydrogen-bond acceptors (Lipinski definition) is 9. The fourth-order valence-corrected chi connectivity index (χ4v) is 6.17. The van der Waals surface area contributed by atoms with Gasteiger partial charge in [0, 0.05) is 60.3 Å². The number of phosphoric acid groups is 1. The average molecular weight is 646 g/mol. The standard InChI is InChI=1S/C34H40N5O6P/c1-8-43-46(41,44-9-2)45-24(3)39-23-32(26-13-10-12-25(16-26)21-35)31-19-28(22-36-34(31)39)27-17-29(20-30(18-27)42-7)38(6)33(40)14-11-15-37(4)5/h10-14,16-20,22-24H,8-9,15H2,1-7H3/b14-11+. The van der Waals surface area contributed by atoms with Crippen LogP contribution < -0.4 is 9.64 Å². The third-order valence-corrected chi connectivity index (χ3v) is 8.84. The van der Waals surface area contributed by atoms with Gasteiger partial charge in [-0.2, -0.15) is 5.26 Å². The van der Waals surface area contributed by atoms with E-state index in [1.807, 2.05) is 61.6 Å². The summed E-state index contributed by atoms with van der Waals surface area (Å²) in [6, 6.07) is 17.0. The SMILES string of the molecule is CCOP(=O)(OCC)OC(C)n1cc(-c2cccc(C#N)c2)c2cc(-c3cc(OC)cc(N(C)C(=O)/C=C/CN(C)C)c3)cnc21. The van der Waals surface area contributed by atoms with Crippen molar-refractivity contribution in [2.75, 3.05) is 52.9 Å². The van der Waals surface area contributed by atoms with Crippen LogP contribution in [0.15, 0.2) is 73.1 Å². The second-order valence-corrected chi connectivity index (χ2v) is 12.3. The van der Waals surface area contributed by atoms with Crippen LogP contribution in [0.3, 0.4) is 0 Å². The summed E-state index contributed by atoms with van der Waals surface area (Å²) >= 11 is 0. The van der Waals surface area contributed by atoms with Gasteiger partial charge in [-0.15, -0.1) is 0 Å². The minimum atomic E-state index is -3.84. The van der Waals surface area contributed by atoms with Crippen molar-refractivity contribution in [1.29, 1.82) is 5.26 Å². The molecule has 0 bridgehead atoms. The smallest absolute Gasteiger partial charge is 0.476 e. The molecule has 1 amide bonds. The molecular weight excluding hydrogens is 605 g/mol. The second-order valence-electron chi connectivity index (χ2n) is 10.7. The van der Waals surface area contributed by atoms with Gasteiger partial charge in [0.25, 0.3) is 0 Å². The van der Waals surface area contributed by atoms with E-state index in [4.69, 9.17) is 23.3 Å². The minimum Gasteiger partial charge on any atom is -0.497 e. The Morgan fingerprint density at radius 2 is 1.80 bits per heavy atom. The number of carbonyl (C=O) groups excluding carboxylic acids is 1. The highest BCUT2D eigenvalue weighted by atomic mass is 31.2. The zero-order valence-electron chi connectivity index (χ0n) is 27.3. The first-order valence-electron chi connectivity index (χ1n) is 14.9. The van der Waals surface area contributed by atoms with E-state index in [9.17, 15) is 14.6 Å². The molecule has 2 heterocycles. The van der Waals surface area contributed by atoms with Crippen LogP contribution in [0.1, 0.15) is 32.6 Å². The Morgan fingerprint density at radius 1 is 1.07 bits per heavy atom. The molecule has 11 nitrogen and oxygen atoms in total. The Balaban J connectivity index is 1.84. The number of fused-ring (bicyclic) bond motifs is 1. The van der Waals surface area contributed by atoms with E-state index in [1.165, 1.54) is 0 Å². The summed E-state index contributed by atoms with van der Waals surface area (Å²) < 4.78 is 37.2. The Bertz CT molecular complexity index is 1800. The number of carbonyl (C=O) groups is 1. The molecule has 1 unspecified atom stereocenters. The molecule has 0 N–H and O–H groups in total. The lowest BCUT2D eigenvalue weighted by atomic mass is 10.0. The first-order chi connectivity index (χ1) is 22.0. The van der Waals surface area contributed by atoms with Crippen LogP contribution in [-0.2, 0) is 22.9 Å². The number of aromatic nitrogens is 2. The molecule has 0 radical (unpaired) electrons. The predicted molar refractivity (Wildman–Crippen MR) is 180 cm³/mol. The summed E-state index contributed by atoms with van der Waals surface area (Å²) in [4.78, 5) is 21.3. The highest BCUT2D eigenvalue weighted by Crippen LogP contribution is 2.52. The van der Waals surface area contributed by atoms with Gasteiger partial charge in [-0.1, -0.05) is 18.2 Å². The number of pyridine rings is 1. The van der Waals surface area contributed by atoms with Crippen molar-refractivity contribution in [3.8, 4) is 34.1 Å². The Morgan fingerprint density at radius 3 is 2.46 bits per heavy atom. The maximum Gasteiger partial charge on any atom is 0.476 e. The van der Waals surface area contributed by atoms with Crippen LogP contribution in [0.5, 0.6) is 5.75 Å². The lowest BCUT2D eigenvalue weighted by molar-refractivity contribution is -0.113. The highest BCUT2D eigenvalue weighted by Gasteiger charge is 2.30. The largest absolute Gasteiger partial charge is 0.497 e. The van der Waals surface area contributed by atoms with Gasteiger partial charge in [0.2, 0.25) is 5.91 Å². The van der Waals surface area contributed by atoms with Crippen molar-refractivity contribution in [2.45, 2.75) is 27.0 Å². The second kappa shape index (κ2) is 15.3. The number of ether oxygens (including phenoxy) is 1. The number of rotatable bonds is 14. The van der Waals surface area contributed by atoms with Gasteiger partial charge in [0.1, 0.15) is 17.6 Å². The number of methoxy groups -OCH3 is 1. The lowest BCUT2D eigenvalue weighted by Gasteiger charge is -2.22. The molecule has 4 rings (SSSR count). The number of amides is 1. The molecule has 2 aromatic heterocycles. The summed E-state index contributed by atoms with van der Waals surface area (Å²) in [6.45, 7) is 6.12. The van der Waals surface area contributed by atoms with Crippen LogP contribution in [0, 0.1) is 11.3 Å². The van der Waals surface area contributed by atoms with Crippen LogP contribution in [-0.4, -0.2) is 68.4 Å². The van der Waals surface area contributed by atoms with Crippen molar-refractivity contribution >= 4 is 30.5 Å². The van der Waals surface area contributed by atoms with Gasteiger partial charge in [-0.3, -0.25) is 18.4 Å². The summed E-state index contributed by atoms with van der Waals surface area (Å²) in [5.41, 5.74) is 4.87. The number of phosphoric ester groups is 1. The predicted octanol–water partition coefficient (Wildman–Crippen LogP) is 7.05. The monoisotopic (exact) mass is 645 g/mol. The van der Waals surface area contributed by atoms with Gasteiger partial charge >= 0.3 is 7.82 Å². The Kier molecular flexibility index (Phi) is 11.5. The summed E-state index contributed by atoms with van der Waals surface area (Å²) in [6.07, 6.45) is 6.17. The first kappa shape index (κ1) is 34.6. The van der Waals surface area contributed by atoms with Gasteiger partial charge < -0.3 is 19.1 Å². The molecule has 0 fully saturated rings. The zero-order chi connectivity index (χ0) is 33.4. The van der Waals surface area contributed by atoms with Crippen molar-refractivity contribution in [1.82, 2.24) is 14.5 Å². The molecule has 242 valence electrons. The van der Waals surface area contributed by atoms with Crippen molar-refractivity contribution in [3.05, 3.63) is 78.6 Å². The van der Waals surface area contributed by atoms with E-state index in [2.05, 4.69) is 6.07 Å². The number of nitrogens with zero attached hydrogens (tertiary/aromatic N) is 5. The summed E-state index contributed by atoms with van der Waals surface area (Å²) in [5, 5.41) is 10.3. The molecule has 0 spiro atoms. The molecule has 46 heavy (non-hydrogen) atoms. The van der Waals surface area contributed by atoms with Crippen LogP contribution in [0.2, 0.25) is 0 Å². The van der Waals surface area contributed by atoms with E-state index < -0.39 is 14.1 Å². The van der Waals surface area contributed by atoms with E-state index in [-0.39, 0.29) is 19.1 Å². The van der Waals surface area contributed by atoms with Gasteiger partial charge in [0.15, 0.2) is 0 Å². The van der Waals surface area contributed by atoms with Gasteiger partial charge in [-0.05, 0) is 76.3 Å². The normalized spacial score (nSPS) is 12.5. The molecule has 2 aromatic carbocycles. The Labute approximate surface area is 270 Å². The molecule has 4 aromatic rings. The van der Waals surface area contributed by atoms with Gasteiger partial charge in [0.05, 0.1) is 32.0 Å². The average Bonchev–Trinajstić information content (AvgIpc) is 3.43. The Hall–Kier alpha value is -4.30. The van der Waals surface area contributed by atoms with E-state index in [0.29, 0.717) is 29.2 Å². The van der Waals surface area contributed by atoms with Crippen LogP contribution in [0.25, 0.3) is 33.3 Å². The fourth-order valence-electron chi connectivity index (χ4n) is 4.87. The number of likely N-dealkylation sites (N-methyl/N-ethyl adjacent to an activating group) is 2. The molecular formula is C34H40N5O6P. The summed E-state index contributed by atoms with van der Waals surface area (Å²) in [5.74, 6) is 0.408. The van der Waals surface area contributed by atoms with Crippen LogP contribution >= 0.6 is 7.82 Å². The third kappa shape index (κ3) is 8.10. The maximum absolute atomic E-state index is 13.2. The maximum atomic E-state index is 13.2. The third-order valence-electron chi connectivity index (χ3n) is 7.13. The van der Waals surface area contributed by atoms with Crippen molar-refractivity contribution in [3.63, 3.8) is 0 Å². The van der Waals surface area contributed by atoms with E-state index in [1.54, 1.807) is 74.9 Å².